The number of amides is 2. The number of hydrogen-bond acceptors (Lipinski definition) is 5. The summed E-state index contributed by atoms with van der Waals surface area (Å²) in [5, 5.41) is 0. The molecule has 0 radical (unpaired) electrons. The topological polar surface area (TPSA) is 96.0 Å². The summed E-state index contributed by atoms with van der Waals surface area (Å²) in [7, 11) is -2.73. The molecule has 0 aromatic heterocycles. The maximum atomic E-state index is 12.6. The zero-order chi connectivity index (χ0) is 17.7. The Kier molecular flexibility index (Phi) is 6.02. The molecule has 1 N–H and O–H groups in total. The highest BCUT2D eigenvalue weighted by Crippen LogP contribution is 2.16. The SMILES string of the molecule is CCOC(=O)N1CCN(C(=O)c2ccc(N[SH](=O)=O)cc2)[C@@H](C)C1. The van der Waals surface area contributed by atoms with Crippen LogP contribution in [0.2, 0.25) is 0 Å². The number of anilines is 1. The molecule has 0 unspecified atom stereocenters. The van der Waals surface area contributed by atoms with Crippen LogP contribution >= 0.6 is 0 Å². The van der Waals surface area contributed by atoms with Crippen LogP contribution in [0.5, 0.6) is 0 Å². The van der Waals surface area contributed by atoms with Crippen LogP contribution in [0.3, 0.4) is 0 Å². The Morgan fingerprint density at radius 1 is 1.25 bits per heavy atom. The Morgan fingerprint density at radius 2 is 1.92 bits per heavy atom. The Morgan fingerprint density at radius 3 is 2.46 bits per heavy atom. The highest BCUT2D eigenvalue weighted by atomic mass is 32.2. The molecule has 1 fully saturated rings. The number of benzene rings is 1. The van der Waals surface area contributed by atoms with E-state index in [0.29, 0.717) is 37.5 Å². The molecule has 2 rings (SSSR count). The minimum absolute atomic E-state index is 0.135. The van der Waals surface area contributed by atoms with E-state index in [9.17, 15) is 18.0 Å². The lowest BCUT2D eigenvalue weighted by atomic mass is 10.1. The largest absolute Gasteiger partial charge is 0.450 e. The normalized spacial score (nSPS) is 17.7. The van der Waals surface area contributed by atoms with Crippen molar-refractivity contribution in [1.29, 1.82) is 0 Å². The second-order valence-corrected chi connectivity index (χ2v) is 6.18. The molecule has 1 aliphatic heterocycles. The molecular formula is C15H21N3O5S. The van der Waals surface area contributed by atoms with E-state index in [4.69, 9.17) is 4.74 Å². The van der Waals surface area contributed by atoms with Crippen molar-refractivity contribution in [1.82, 2.24) is 9.80 Å². The Labute approximate surface area is 142 Å². The first-order chi connectivity index (χ1) is 11.4. The van der Waals surface area contributed by atoms with Gasteiger partial charge in [-0.1, -0.05) is 0 Å². The minimum atomic E-state index is -2.73. The van der Waals surface area contributed by atoms with Crippen LogP contribution in [-0.2, 0) is 15.6 Å². The summed E-state index contributed by atoms with van der Waals surface area (Å²) in [6.07, 6.45) is -0.362. The van der Waals surface area contributed by atoms with Crippen molar-refractivity contribution < 1.29 is 22.7 Å². The molecule has 24 heavy (non-hydrogen) atoms. The van der Waals surface area contributed by atoms with Gasteiger partial charge in [-0.2, -0.15) is 0 Å². The number of carbonyl (C=O) groups excluding carboxylic acids is 2. The van der Waals surface area contributed by atoms with Gasteiger partial charge >= 0.3 is 6.09 Å². The molecule has 2 amide bonds. The van der Waals surface area contributed by atoms with Crippen molar-refractivity contribution in [2.75, 3.05) is 31.0 Å². The molecule has 1 saturated heterocycles. The van der Waals surface area contributed by atoms with E-state index in [1.54, 1.807) is 28.9 Å². The highest BCUT2D eigenvalue weighted by Gasteiger charge is 2.30. The van der Waals surface area contributed by atoms with Crippen LogP contribution in [0, 0.1) is 0 Å². The third-order valence-corrected chi connectivity index (χ3v) is 4.21. The maximum absolute atomic E-state index is 12.6. The van der Waals surface area contributed by atoms with Crippen LogP contribution in [0.4, 0.5) is 10.5 Å². The standard InChI is InChI=1S/C15H21N3O5S/c1-3-23-15(20)17-8-9-18(11(2)10-17)14(19)12-4-6-13(7-5-12)16-24(21)22/h4-7,11,24H,3,8-10H2,1-2H3,(H,16,21,22)/t11-/m0/s1. The predicted molar refractivity (Wildman–Crippen MR) is 89.5 cm³/mol. The number of nitrogens with zero attached hydrogens (tertiary/aromatic N) is 2. The quantitative estimate of drug-likeness (QED) is 0.783. The molecule has 132 valence electrons. The molecule has 1 atom stereocenters. The van der Waals surface area contributed by atoms with Gasteiger partial charge in [-0.05, 0) is 38.1 Å². The molecule has 9 heteroatoms. The number of carbonyl (C=O) groups is 2. The second kappa shape index (κ2) is 8.00. The lowest BCUT2D eigenvalue weighted by Crippen LogP contribution is -2.55. The van der Waals surface area contributed by atoms with E-state index in [1.165, 1.54) is 12.1 Å². The number of ether oxygens (including phenoxy) is 1. The monoisotopic (exact) mass is 355 g/mol. The molecule has 0 spiro atoms. The van der Waals surface area contributed by atoms with E-state index >= 15 is 0 Å². The average molecular weight is 355 g/mol. The average Bonchev–Trinajstić information content (AvgIpc) is 2.54. The van der Waals surface area contributed by atoms with Gasteiger partial charge in [0.15, 0.2) is 0 Å². The Balaban J connectivity index is 2.01. The fraction of sp³-hybridized carbons (Fsp3) is 0.467. The molecule has 1 aliphatic rings. The van der Waals surface area contributed by atoms with Crippen LogP contribution in [0.1, 0.15) is 24.2 Å². The van der Waals surface area contributed by atoms with Gasteiger partial charge in [0.2, 0.25) is 10.9 Å². The second-order valence-electron chi connectivity index (χ2n) is 5.44. The Hall–Kier alpha value is -2.29. The highest BCUT2D eigenvalue weighted by molar-refractivity contribution is 7.73. The number of thiol groups is 1. The molecular weight excluding hydrogens is 334 g/mol. The van der Waals surface area contributed by atoms with Gasteiger partial charge in [0.1, 0.15) is 0 Å². The molecule has 1 aromatic carbocycles. The van der Waals surface area contributed by atoms with Gasteiger partial charge in [0.25, 0.3) is 5.91 Å². The maximum Gasteiger partial charge on any atom is 0.409 e. The van der Waals surface area contributed by atoms with E-state index in [0.717, 1.165) is 0 Å². The van der Waals surface area contributed by atoms with E-state index in [1.807, 2.05) is 6.92 Å². The first-order valence-electron chi connectivity index (χ1n) is 7.66. The van der Waals surface area contributed by atoms with Crippen molar-refractivity contribution in [2.24, 2.45) is 0 Å². The number of nitrogens with one attached hydrogen (secondary N) is 1. The van der Waals surface area contributed by atoms with Gasteiger partial charge in [-0.3, -0.25) is 9.52 Å². The molecule has 1 heterocycles. The Bertz CT molecular complexity index is 666. The van der Waals surface area contributed by atoms with Crippen LogP contribution < -0.4 is 4.72 Å². The summed E-state index contributed by atoms with van der Waals surface area (Å²) in [5.74, 6) is -0.149. The fourth-order valence-corrected chi connectivity index (χ4v) is 2.96. The van der Waals surface area contributed by atoms with Gasteiger partial charge < -0.3 is 14.5 Å². The molecule has 0 aliphatic carbocycles. The van der Waals surface area contributed by atoms with E-state index in [-0.39, 0.29) is 18.0 Å². The van der Waals surface area contributed by atoms with Crippen molar-refractivity contribution in [3.63, 3.8) is 0 Å². The molecule has 0 saturated carbocycles. The summed E-state index contributed by atoms with van der Waals surface area (Å²) in [5.41, 5.74) is 0.876. The van der Waals surface area contributed by atoms with Crippen LogP contribution in [0.15, 0.2) is 24.3 Å². The summed E-state index contributed by atoms with van der Waals surface area (Å²) >= 11 is 0. The first-order valence-corrected chi connectivity index (χ1v) is 8.84. The fourth-order valence-electron chi connectivity index (χ4n) is 2.60. The zero-order valence-electron chi connectivity index (χ0n) is 13.6. The third-order valence-electron chi connectivity index (χ3n) is 3.77. The van der Waals surface area contributed by atoms with Crippen molar-refractivity contribution in [3.05, 3.63) is 29.8 Å². The summed E-state index contributed by atoms with van der Waals surface area (Å²) in [6.45, 7) is 5.21. The lowest BCUT2D eigenvalue weighted by Gasteiger charge is -2.39. The predicted octanol–water partition coefficient (Wildman–Crippen LogP) is 0.928. The smallest absolute Gasteiger partial charge is 0.409 e. The van der Waals surface area contributed by atoms with Crippen molar-refractivity contribution in [2.45, 2.75) is 19.9 Å². The van der Waals surface area contributed by atoms with Crippen molar-refractivity contribution in [3.8, 4) is 0 Å². The molecule has 8 nitrogen and oxygen atoms in total. The summed E-state index contributed by atoms with van der Waals surface area (Å²) in [6, 6.07) is 6.10. The molecule has 1 aromatic rings. The number of rotatable bonds is 4. The molecule has 0 bridgehead atoms. The van der Waals surface area contributed by atoms with Gasteiger partial charge in [0, 0.05) is 36.9 Å². The van der Waals surface area contributed by atoms with E-state index < -0.39 is 10.9 Å². The number of hydrogen-bond donors (Lipinski definition) is 2. The van der Waals surface area contributed by atoms with Gasteiger partial charge in [-0.25, -0.2) is 13.2 Å². The lowest BCUT2D eigenvalue weighted by molar-refractivity contribution is 0.0423. The minimum Gasteiger partial charge on any atom is -0.450 e. The first kappa shape index (κ1) is 18.1. The van der Waals surface area contributed by atoms with Gasteiger partial charge in [-0.15, -0.1) is 0 Å². The zero-order valence-corrected chi connectivity index (χ0v) is 14.5. The van der Waals surface area contributed by atoms with Crippen LogP contribution in [-0.4, -0.2) is 62.5 Å². The summed E-state index contributed by atoms with van der Waals surface area (Å²) in [4.78, 5) is 27.7. The van der Waals surface area contributed by atoms with E-state index in [2.05, 4.69) is 4.72 Å². The number of piperazine rings is 1. The third kappa shape index (κ3) is 4.38. The van der Waals surface area contributed by atoms with Gasteiger partial charge in [0.05, 0.1) is 6.61 Å². The van der Waals surface area contributed by atoms with Crippen LogP contribution in [0.25, 0.3) is 0 Å². The van der Waals surface area contributed by atoms with Crippen molar-refractivity contribution >= 4 is 28.6 Å². The summed E-state index contributed by atoms with van der Waals surface area (Å²) < 4.78 is 28.5.